The molecular weight excluding hydrogens is 174 g/mol. The van der Waals surface area contributed by atoms with E-state index >= 15 is 0 Å². The van der Waals surface area contributed by atoms with Crippen molar-refractivity contribution in [1.29, 1.82) is 0 Å². The minimum Gasteiger partial charge on any atom is -0.394 e. The van der Waals surface area contributed by atoms with Crippen LogP contribution in [0.25, 0.3) is 0 Å². The number of rotatable bonds is 2. The largest absolute Gasteiger partial charge is 0.394 e. The fraction of sp³-hybridized carbons (Fsp3) is 0.833. The van der Waals surface area contributed by atoms with Gasteiger partial charge in [0.1, 0.15) is 0 Å². The highest BCUT2D eigenvalue weighted by molar-refractivity contribution is 5.20. The van der Waals surface area contributed by atoms with Crippen LogP contribution in [0.5, 0.6) is 0 Å². The Morgan fingerprint density at radius 2 is 2.21 bits per heavy atom. The van der Waals surface area contributed by atoms with Crippen molar-refractivity contribution >= 4 is 0 Å². The molecule has 2 heterocycles. The summed E-state index contributed by atoms with van der Waals surface area (Å²) in [4.78, 5) is 2.56. The molecule has 2 nitrogen and oxygen atoms in total. The molecule has 2 heteroatoms. The van der Waals surface area contributed by atoms with Gasteiger partial charge in [-0.2, -0.15) is 0 Å². The van der Waals surface area contributed by atoms with Crippen molar-refractivity contribution in [2.75, 3.05) is 13.2 Å². The third-order valence-corrected chi connectivity index (χ3v) is 4.35. The van der Waals surface area contributed by atoms with E-state index in [1.165, 1.54) is 31.3 Å². The molecule has 0 radical (unpaired) electrons. The highest BCUT2D eigenvalue weighted by Gasteiger charge is 2.53. The summed E-state index contributed by atoms with van der Waals surface area (Å²) in [6, 6.07) is 0.765. The maximum atomic E-state index is 9.58. The van der Waals surface area contributed by atoms with Crippen LogP contribution in [0.3, 0.4) is 0 Å². The summed E-state index contributed by atoms with van der Waals surface area (Å²) in [6.45, 7) is 5.46. The summed E-state index contributed by atoms with van der Waals surface area (Å²) in [5.41, 5.74) is 1.43. The van der Waals surface area contributed by atoms with E-state index in [4.69, 9.17) is 0 Å². The molecule has 1 saturated carbocycles. The SMILES string of the molecule is C=C1CN2C(C3CC3)CCC2(CO)C1. The predicted molar refractivity (Wildman–Crippen MR) is 56.0 cm³/mol. The van der Waals surface area contributed by atoms with E-state index in [0.29, 0.717) is 6.61 Å². The molecule has 1 N–H and O–H groups in total. The first-order chi connectivity index (χ1) is 6.75. The molecular formula is C12H19NO. The fourth-order valence-electron chi connectivity index (χ4n) is 3.50. The van der Waals surface area contributed by atoms with Gasteiger partial charge in [-0.3, -0.25) is 4.90 Å². The van der Waals surface area contributed by atoms with Crippen molar-refractivity contribution in [3.63, 3.8) is 0 Å². The van der Waals surface area contributed by atoms with Gasteiger partial charge in [0.2, 0.25) is 0 Å². The van der Waals surface area contributed by atoms with Gasteiger partial charge in [-0.15, -0.1) is 0 Å². The lowest BCUT2D eigenvalue weighted by molar-refractivity contribution is 0.0723. The Hall–Kier alpha value is -0.340. The van der Waals surface area contributed by atoms with Gasteiger partial charge in [0.05, 0.1) is 6.61 Å². The van der Waals surface area contributed by atoms with E-state index in [1.807, 2.05) is 0 Å². The lowest BCUT2D eigenvalue weighted by Crippen LogP contribution is -2.45. The molecule has 1 aliphatic carbocycles. The van der Waals surface area contributed by atoms with Crippen molar-refractivity contribution < 1.29 is 5.11 Å². The number of nitrogens with zero attached hydrogens (tertiary/aromatic N) is 1. The van der Waals surface area contributed by atoms with E-state index in [0.717, 1.165) is 24.9 Å². The van der Waals surface area contributed by atoms with Gasteiger partial charge in [-0.25, -0.2) is 0 Å². The van der Waals surface area contributed by atoms with Gasteiger partial charge in [0.15, 0.2) is 0 Å². The summed E-state index contributed by atoms with van der Waals surface area (Å²) in [5, 5.41) is 9.58. The molecule has 2 unspecified atom stereocenters. The summed E-state index contributed by atoms with van der Waals surface area (Å²) in [6.07, 6.45) is 6.35. The van der Waals surface area contributed by atoms with Crippen LogP contribution in [0.1, 0.15) is 32.1 Å². The Morgan fingerprint density at radius 1 is 1.43 bits per heavy atom. The Bertz CT molecular complexity index is 271. The summed E-state index contributed by atoms with van der Waals surface area (Å²) in [7, 11) is 0. The van der Waals surface area contributed by atoms with E-state index in [-0.39, 0.29) is 5.54 Å². The molecule has 2 saturated heterocycles. The van der Waals surface area contributed by atoms with Crippen molar-refractivity contribution in [3.8, 4) is 0 Å². The van der Waals surface area contributed by atoms with Crippen LogP contribution < -0.4 is 0 Å². The molecule has 0 amide bonds. The smallest absolute Gasteiger partial charge is 0.0618 e. The third kappa shape index (κ3) is 1.10. The van der Waals surface area contributed by atoms with Gasteiger partial charge < -0.3 is 5.11 Å². The summed E-state index contributed by atoms with van der Waals surface area (Å²) >= 11 is 0. The summed E-state index contributed by atoms with van der Waals surface area (Å²) < 4.78 is 0. The lowest BCUT2D eigenvalue weighted by atomic mass is 9.94. The predicted octanol–water partition coefficient (Wildman–Crippen LogP) is 1.55. The van der Waals surface area contributed by atoms with Crippen LogP contribution in [-0.2, 0) is 0 Å². The van der Waals surface area contributed by atoms with Crippen molar-refractivity contribution in [2.45, 2.75) is 43.7 Å². The second-order valence-corrected chi connectivity index (χ2v) is 5.38. The number of fused-ring (bicyclic) bond motifs is 1. The Kier molecular flexibility index (Phi) is 1.80. The maximum Gasteiger partial charge on any atom is 0.0618 e. The molecule has 3 rings (SSSR count). The van der Waals surface area contributed by atoms with Crippen molar-refractivity contribution in [1.82, 2.24) is 4.90 Å². The van der Waals surface area contributed by atoms with Crippen LogP contribution in [0.2, 0.25) is 0 Å². The van der Waals surface area contributed by atoms with E-state index < -0.39 is 0 Å². The van der Waals surface area contributed by atoms with Gasteiger partial charge in [-0.05, 0) is 38.0 Å². The zero-order chi connectivity index (χ0) is 9.76. The van der Waals surface area contributed by atoms with Crippen LogP contribution in [0.15, 0.2) is 12.2 Å². The molecule has 14 heavy (non-hydrogen) atoms. The molecule has 0 spiro atoms. The zero-order valence-corrected chi connectivity index (χ0v) is 8.71. The summed E-state index contributed by atoms with van der Waals surface area (Å²) in [5.74, 6) is 0.939. The van der Waals surface area contributed by atoms with E-state index in [9.17, 15) is 5.11 Å². The van der Waals surface area contributed by atoms with Crippen LogP contribution >= 0.6 is 0 Å². The number of aliphatic hydroxyl groups excluding tert-OH is 1. The molecule has 3 aliphatic rings. The zero-order valence-electron chi connectivity index (χ0n) is 8.71. The maximum absolute atomic E-state index is 9.58. The number of aliphatic hydroxyl groups is 1. The molecule has 2 aliphatic heterocycles. The fourth-order valence-corrected chi connectivity index (χ4v) is 3.50. The molecule has 2 atom stereocenters. The Balaban J connectivity index is 1.86. The quantitative estimate of drug-likeness (QED) is 0.673. The molecule has 78 valence electrons. The first kappa shape index (κ1) is 8.93. The standard InChI is InChI=1S/C12H19NO/c1-9-6-12(8-14)5-4-11(10-2-3-10)13(12)7-9/h10-11,14H,1-8H2. The highest BCUT2D eigenvalue weighted by Crippen LogP contribution is 2.50. The Labute approximate surface area is 85.6 Å². The Morgan fingerprint density at radius 3 is 2.86 bits per heavy atom. The van der Waals surface area contributed by atoms with E-state index in [1.54, 1.807) is 0 Å². The minimum atomic E-state index is 0.102. The topological polar surface area (TPSA) is 23.5 Å². The van der Waals surface area contributed by atoms with Gasteiger partial charge in [-0.1, -0.05) is 12.2 Å². The van der Waals surface area contributed by atoms with E-state index in [2.05, 4.69) is 11.5 Å². The van der Waals surface area contributed by atoms with Crippen molar-refractivity contribution in [2.24, 2.45) is 5.92 Å². The molecule has 0 aromatic rings. The number of hydrogen-bond acceptors (Lipinski definition) is 2. The first-order valence-electron chi connectivity index (χ1n) is 5.79. The molecule has 0 aromatic heterocycles. The molecule has 0 aromatic carbocycles. The van der Waals surface area contributed by atoms with Gasteiger partial charge >= 0.3 is 0 Å². The highest BCUT2D eigenvalue weighted by atomic mass is 16.3. The van der Waals surface area contributed by atoms with Crippen LogP contribution in [-0.4, -0.2) is 34.7 Å². The minimum absolute atomic E-state index is 0.102. The first-order valence-corrected chi connectivity index (χ1v) is 5.79. The lowest BCUT2D eigenvalue weighted by Gasteiger charge is -2.33. The van der Waals surface area contributed by atoms with Gasteiger partial charge in [0, 0.05) is 18.1 Å². The van der Waals surface area contributed by atoms with Crippen molar-refractivity contribution in [3.05, 3.63) is 12.2 Å². The number of hydrogen-bond donors (Lipinski definition) is 1. The third-order valence-electron chi connectivity index (χ3n) is 4.35. The molecule has 0 bridgehead atoms. The van der Waals surface area contributed by atoms with Crippen LogP contribution in [0, 0.1) is 5.92 Å². The second-order valence-electron chi connectivity index (χ2n) is 5.38. The van der Waals surface area contributed by atoms with Crippen LogP contribution in [0.4, 0.5) is 0 Å². The second kappa shape index (κ2) is 2.83. The average molecular weight is 193 g/mol. The average Bonchev–Trinajstić information content (AvgIpc) is 2.85. The molecule has 3 fully saturated rings. The monoisotopic (exact) mass is 193 g/mol. The van der Waals surface area contributed by atoms with Gasteiger partial charge in [0.25, 0.3) is 0 Å². The normalized spacial score (nSPS) is 43.2.